The molecule has 18 heavy (non-hydrogen) atoms. The van der Waals surface area contributed by atoms with Crippen molar-refractivity contribution in [3.63, 3.8) is 0 Å². The van der Waals surface area contributed by atoms with Gasteiger partial charge >= 0.3 is 0 Å². The fourth-order valence-corrected chi connectivity index (χ4v) is 2.65. The molecule has 0 saturated heterocycles. The van der Waals surface area contributed by atoms with Gasteiger partial charge in [0, 0.05) is 0 Å². The average Bonchev–Trinajstić information content (AvgIpc) is 2.31. The highest BCUT2D eigenvalue weighted by atomic mass is 28.3. The van der Waals surface area contributed by atoms with Crippen LogP contribution in [-0.4, -0.2) is 15.0 Å². The summed E-state index contributed by atoms with van der Waals surface area (Å²) in [5.41, 5.74) is 0. The summed E-state index contributed by atoms with van der Waals surface area (Å²) in [7, 11) is -1.23. The van der Waals surface area contributed by atoms with E-state index in [1.807, 2.05) is 0 Å². The Bertz CT molecular complexity index is 237. The van der Waals surface area contributed by atoms with Crippen LogP contribution in [0.5, 0.6) is 0 Å². The molecule has 0 heterocycles. The van der Waals surface area contributed by atoms with Crippen molar-refractivity contribution in [3.05, 3.63) is 12.2 Å². The Morgan fingerprint density at radius 2 is 1.89 bits per heavy atom. The van der Waals surface area contributed by atoms with E-state index in [9.17, 15) is 4.79 Å². The van der Waals surface area contributed by atoms with E-state index >= 15 is 0 Å². The summed E-state index contributed by atoms with van der Waals surface area (Å²) in [4.78, 5) is 11.9. The third kappa shape index (κ3) is 9.46. The largest absolute Gasteiger partial charge is 0.522 e. The molecule has 0 amide bonds. The topological polar surface area (TPSA) is 26.3 Å². The highest BCUT2D eigenvalue weighted by Gasteiger charge is 2.19. The van der Waals surface area contributed by atoms with Crippen LogP contribution in [0, 0.1) is 5.92 Å². The first-order valence-electron chi connectivity index (χ1n) is 7.47. The summed E-state index contributed by atoms with van der Waals surface area (Å²) in [6.07, 6.45) is 12.1. The van der Waals surface area contributed by atoms with Gasteiger partial charge in [-0.1, -0.05) is 38.8 Å². The van der Waals surface area contributed by atoms with Crippen LogP contribution in [-0.2, 0) is 9.22 Å². The molecule has 106 valence electrons. The highest BCUT2D eigenvalue weighted by molar-refractivity contribution is 6.50. The SMILES string of the molecule is CCC=CCCCCC(CCC)C(=O)O[SiH](C)C. The second-order valence-electron chi connectivity index (χ2n) is 5.14. The molecule has 1 unspecified atom stereocenters. The maximum atomic E-state index is 11.9. The summed E-state index contributed by atoms with van der Waals surface area (Å²) >= 11 is 0. The van der Waals surface area contributed by atoms with E-state index in [2.05, 4.69) is 39.1 Å². The summed E-state index contributed by atoms with van der Waals surface area (Å²) in [6.45, 7) is 8.39. The zero-order valence-corrected chi connectivity index (χ0v) is 13.7. The number of carbonyl (C=O) groups excluding carboxylic acids is 1. The lowest BCUT2D eigenvalue weighted by atomic mass is 9.97. The average molecular weight is 270 g/mol. The molecular formula is C15H30O2Si. The fourth-order valence-electron chi connectivity index (χ4n) is 1.99. The van der Waals surface area contributed by atoms with Crippen LogP contribution >= 0.6 is 0 Å². The van der Waals surface area contributed by atoms with Crippen LogP contribution in [0.25, 0.3) is 0 Å². The first-order valence-corrected chi connectivity index (χ1v) is 10.2. The van der Waals surface area contributed by atoms with Crippen molar-refractivity contribution in [2.24, 2.45) is 5.92 Å². The van der Waals surface area contributed by atoms with E-state index < -0.39 is 9.04 Å². The van der Waals surface area contributed by atoms with Gasteiger partial charge in [0.25, 0.3) is 5.97 Å². The van der Waals surface area contributed by atoms with Crippen molar-refractivity contribution < 1.29 is 9.22 Å². The summed E-state index contributed by atoms with van der Waals surface area (Å²) in [5, 5.41) is 0. The smallest absolute Gasteiger partial charge is 0.295 e. The van der Waals surface area contributed by atoms with Crippen LogP contribution in [0.4, 0.5) is 0 Å². The third-order valence-electron chi connectivity index (χ3n) is 2.90. The molecule has 3 heteroatoms. The van der Waals surface area contributed by atoms with E-state index in [4.69, 9.17) is 4.43 Å². The molecule has 0 aromatic heterocycles. The van der Waals surface area contributed by atoms with Crippen LogP contribution in [0.15, 0.2) is 12.2 Å². The van der Waals surface area contributed by atoms with Gasteiger partial charge in [0.15, 0.2) is 0 Å². The Kier molecular flexibility index (Phi) is 11.1. The molecule has 0 radical (unpaired) electrons. The van der Waals surface area contributed by atoms with Crippen molar-refractivity contribution in [2.75, 3.05) is 0 Å². The van der Waals surface area contributed by atoms with Crippen LogP contribution in [0.1, 0.15) is 58.8 Å². The van der Waals surface area contributed by atoms with E-state index in [0.29, 0.717) is 0 Å². The van der Waals surface area contributed by atoms with Gasteiger partial charge in [-0.25, -0.2) is 0 Å². The van der Waals surface area contributed by atoms with Gasteiger partial charge in [-0.2, -0.15) is 0 Å². The molecule has 0 rings (SSSR count). The lowest BCUT2D eigenvalue weighted by molar-refractivity contribution is -0.139. The summed E-state index contributed by atoms with van der Waals surface area (Å²) in [5.74, 6) is 0.197. The Balaban J connectivity index is 3.89. The molecular weight excluding hydrogens is 240 g/mol. The first-order chi connectivity index (χ1) is 8.61. The minimum Gasteiger partial charge on any atom is -0.522 e. The Morgan fingerprint density at radius 3 is 2.44 bits per heavy atom. The van der Waals surface area contributed by atoms with Crippen molar-refractivity contribution in [3.8, 4) is 0 Å². The van der Waals surface area contributed by atoms with E-state index in [1.165, 1.54) is 6.42 Å². The second-order valence-corrected chi connectivity index (χ2v) is 7.47. The van der Waals surface area contributed by atoms with E-state index in [-0.39, 0.29) is 11.9 Å². The van der Waals surface area contributed by atoms with E-state index in [0.717, 1.165) is 38.5 Å². The van der Waals surface area contributed by atoms with Crippen molar-refractivity contribution in [2.45, 2.75) is 71.9 Å². The van der Waals surface area contributed by atoms with Gasteiger partial charge in [0.1, 0.15) is 0 Å². The zero-order chi connectivity index (χ0) is 13.8. The van der Waals surface area contributed by atoms with Crippen LogP contribution in [0.3, 0.4) is 0 Å². The van der Waals surface area contributed by atoms with Crippen molar-refractivity contribution in [1.29, 1.82) is 0 Å². The molecule has 1 atom stereocenters. The number of allylic oxidation sites excluding steroid dienone is 2. The summed E-state index contributed by atoms with van der Waals surface area (Å²) in [6, 6.07) is 0. The van der Waals surface area contributed by atoms with Gasteiger partial charge in [0.05, 0.1) is 5.92 Å². The number of hydrogen-bond donors (Lipinski definition) is 0. The molecule has 2 nitrogen and oxygen atoms in total. The zero-order valence-electron chi connectivity index (χ0n) is 12.6. The second kappa shape index (κ2) is 11.5. The molecule has 0 fully saturated rings. The molecule has 0 spiro atoms. The lowest BCUT2D eigenvalue weighted by Gasteiger charge is -2.17. The molecule has 0 aliphatic rings. The van der Waals surface area contributed by atoms with Gasteiger partial charge in [-0.15, -0.1) is 0 Å². The molecule has 0 aliphatic carbocycles. The Labute approximate surface area is 115 Å². The lowest BCUT2D eigenvalue weighted by Crippen LogP contribution is -2.23. The molecule has 0 aromatic rings. The number of unbranched alkanes of at least 4 members (excludes halogenated alkanes) is 2. The van der Waals surface area contributed by atoms with Gasteiger partial charge in [-0.05, 0) is 45.2 Å². The van der Waals surface area contributed by atoms with Crippen LogP contribution in [0.2, 0.25) is 13.1 Å². The Hall–Kier alpha value is -0.573. The molecule has 0 bridgehead atoms. The molecule has 0 saturated carbocycles. The third-order valence-corrected chi connectivity index (χ3v) is 3.60. The first kappa shape index (κ1) is 17.4. The van der Waals surface area contributed by atoms with Gasteiger partial charge in [-0.3, -0.25) is 4.79 Å². The maximum absolute atomic E-state index is 11.9. The normalized spacial score (nSPS) is 13.2. The number of carbonyl (C=O) groups is 1. The van der Waals surface area contributed by atoms with Gasteiger partial charge < -0.3 is 4.43 Å². The van der Waals surface area contributed by atoms with Crippen molar-refractivity contribution in [1.82, 2.24) is 0 Å². The predicted molar refractivity (Wildman–Crippen MR) is 81.3 cm³/mol. The molecule has 0 aliphatic heterocycles. The molecule has 0 N–H and O–H groups in total. The molecule has 0 aromatic carbocycles. The van der Waals surface area contributed by atoms with Gasteiger partial charge in [0.2, 0.25) is 9.04 Å². The fraction of sp³-hybridized carbons (Fsp3) is 0.800. The van der Waals surface area contributed by atoms with E-state index in [1.54, 1.807) is 0 Å². The number of rotatable bonds is 10. The maximum Gasteiger partial charge on any atom is 0.295 e. The highest BCUT2D eigenvalue weighted by Crippen LogP contribution is 2.18. The summed E-state index contributed by atoms with van der Waals surface area (Å²) < 4.78 is 5.45. The number of hydrogen-bond acceptors (Lipinski definition) is 2. The predicted octanol–water partition coefficient (Wildman–Crippen LogP) is 4.46. The minimum absolute atomic E-state index is 0.0580. The van der Waals surface area contributed by atoms with Crippen molar-refractivity contribution >= 4 is 15.0 Å². The van der Waals surface area contributed by atoms with Crippen LogP contribution < -0.4 is 0 Å². The minimum atomic E-state index is -1.23. The monoisotopic (exact) mass is 270 g/mol. The quantitative estimate of drug-likeness (QED) is 0.333. The Morgan fingerprint density at radius 1 is 1.17 bits per heavy atom. The standard InChI is InChI=1S/C15H30O2Si/c1-5-7-8-9-10-11-13-14(12-6-2)15(16)17-18(3)4/h7-8,14,18H,5-6,9-13H2,1-4H3.